The summed E-state index contributed by atoms with van der Waals surface area (Å²) in [6.45, 7) is 1.33. The minimum atomic E-state index is -0.770. The third kappa shape index (κ3) is 5.59. The summed E-state index contributed by atoms with van der Waals surface area (Å²) in [6, 6.07) is 19.7. The molecule has 1 fully saturated rings. The van der Waals surface area contributed by atoms with Crippen LogP contribution in [0.3, 0.4) is 0 Å². The molecule has 1 N–H and O–H groups in total. The van der Waals surface area contributed by atoms with Gasteiger partial charge >= 0.3 is 12.1 Å². The molecule has 1 heterocycles. The number of benzene rings is 2. The van der Waals surface area contributed by atoms with Gasteiger partial charge in [-0.2, -0.15) is 0 Å². The number of likely N-dealkylation sites (tertiary alicyclic amines) is 1. The highest BCUT2D eigenvalue weighted by Gasteiger charge is 2.37. The number of piperidine rings is 1. The first kappa shape index (κ1) is 19.9. The molecular weight excluding hydrogens is 354 g/mol. The lowest BCUT2D eigenvalue weighted by Crippen LogP contribution is -2.44. The molecule has 0 aromatic heterocycles. The van der Waals surface area contributed by atoms with Crippen molar-refractivity contribution in [2.75, 3.05) is 13.1 Å². The average Bonchev–Trinajstić information content (AvgIpc) is 2.72. The number of nitrogens with zero attached hydrogens (tertiary/aromatic N) is 1. The largest absolute Gasteiger partial charge is 0.481 e. The fourth-order valence-electron chi connectivity index (χ4n) is 3.86. The quantitative estimate of drug-likeness (QED) is 0.766. The standard InChI is InChI=1S/C23H27NO4/c25-21(26)17-23(12-11-19-7-3-1-4-8-19)13-15-24(16-14-23)22(27)28-18-20-9-5-2-6-10-20/h1-10H,11-18H2,(H,25,26). The van der Waals surface area contributed by atoms with Gasteiger partial charge in [0.05, 0.1) is 6.42 Å². The Morgan fingerprint density at radius 3 is 2.07 bits per heavy atom. The van der Waals surface area contributed by atoms with Gasteiger partial charge in [0, 0.05) is 13.1 Å². The Labute approximate surface area is 165 Å². The molecule has 3 rings (SSSR count). The number of aliphatic carboxylic acids is 1. The molecule has 1 amide bonds. The molecule has 5 nitrogen and oxygen atoms in total. The summed E-state index contributed by atoms with van der Waals surface area (Å²) in [5.41, 5.74) is 1.91. The van der Waals surface area contributed by atoms with Crippen molar-refractivity contribution in [1.29, 1.82) is 0 Å². The third-order valence-corrected chi connectivity index (χ3v) is 5.60. The van der Waals surface area contributed by atoms with Gasteiger partial charge in [-0.25, -0.2) is 4.79 Å². The van der Waals surface area contributed by atoms with Crippen molar-refractivity contribution >= 4 is 12.1 Å². The molecule has 28 heavy (non-hydrogen) atoms. The maximum Gasteiger partial charge on any atom is 0.410 e. The van der Waals surface area contributed by atoms with Crippen LogP contribution in [0.2, 0.25) is 0 Å². The van der Waals surface area contributed by atoms with Gasteiger partial charge in [0.25, 0.3) is 0 Å². The van der Waals surface area contributed by atoms with E-state index in [-0.39, 0.29) is 24.5 Å². The highest BCUT2D eigenvalue weighted by molar-refractivity contribution is 5.69. The first-order valence-electron chi connectivity index (χ1n) is 9.78. The Morgan fingerprint density at radius 2 is 1.50 bits per heavy atom. The molecule has 0 spiro atoms. The van der Waals surface area contributed by atoms with E-state index in [4.69, 9.17) is 4.74 Å². The summed E-state index contributed by atoms with van der Waals surface area (Å²) >= 11 is 0. The summed E-state index contributed by atoms with van der Waals surface area (Å²) in [5.74, 6) is -0.770. The summed E-state index contributed by atoms with van der Waals surface area (Å²) in [5, 5.41) is 9.41. The molecule has 0 unspecified atom stereocenters. The minimum absolute atomic E-state index is 0.146. The Bertz CT molecular complexity index is 768. The van der Waals surface area contributed by atoms with Crippen molar-refractivity contribution in [1.82, 2.24) is 4.90 Å². The number of aryl methyl sites for hydroxylation is 1. The maximum absolute atomic E-state index is 12.4. The lowest BCUT2D eigenvalue weighted by Gasteiger charge is -2.40. The van der Waals surface area contributed by atoms with Gasteiger partial charge in [0.2, 0.25) is 0 Å². The van der Waals surface area contributed by atoms with Gasteiger partial charge in [-0.05, 0) is 42.2 Å². The smallest absolute Gasteiger partial charge is 0.410 e. The molecule has 2 aromatic carbocycles. The highest BCUT2D eigenvalue weighted by Crippen LogP contribution is 2.39. The summed E-state index contributed by atoms with van der Waals surface area (Å²) < 4.78 is 5.42. The van der Waals surface area contributed by atoms with Gasteiger partial charge in [0.1, 0.15) is 6.61 Å². The number of hydrogen-bond donors (Lipinski definition) is 1. The van der Waals surface area contributed by atoms with E-state index in [9.17, 15) is 14.7 Å². The molecule has 1 aliphatic heterocycles. The molecule has 1 aliphatic rings. The Balaban J connectivity index is 1.54. The van der Waals surface area contributed by atoms with Crippen molar-refractivity contribution in [3.8, 4) is 0 Å². The Hall–Kier alpha value is -2.82. The fourth-order valence-corrected chi connectivity index (χ4v) is 3.86. The minimum Gasteiger partial charge on any atom is -0.481 e. The van der Waals surface area contributed by atoms with Crippen LogP contribution < -0.4 is 0 Å². The molecule has 0 atom stereocenters. The second kappa shape index (κ2) is 9.40. The van der Waals surface area contributed by atoms with E-state index >= 15 is 0 Å². The SMILES string of the molecule is O=C(O)CC1(CCc2ccccc2)CCN(C(=O)OCc2ccccc2)CC1. The predicted molar refractivity (Wildman–Crippen MR) is 107 cm³/mol. The fraction of sp³-hybridized carbons (Fsp3) is 0.391. The predicted octanol–water partition coefficient (Wildman–Crippen LogP) is 4.51. The maximum atomic E-state index is 12.4. The summed E-state index contributed by atoms with van der Waals surface area (Å²) in [4.78, 5) is 25.5. The normalized spacial score (nSPS) is 15.8. The monoisotopic (exact) mass is 381 g/mol. The number of ether oxygens (including phenoxy) is 1. The molecular formula is C23H27NO4. The first-order chi connectivity index (χ1) is 13.6. The lowest BCUT2D eigenvalue weighted by atomic mass is 9.72. The Morgan fingerprint density at radius 1 is 0.929 bits per heavy atom. The molecule has 1 saturated heterocycles. The lowest BCUT2D eigenvalue weighted by molar-refractivity contribution is -0.140. The van der Waals surface area contributed by atoms with Crippen LogP contribution in [0.15, 0.2) is 60.7 Å². The zero-order valence-corrected chi connectivity index (χ0v) is 16.0. The van der Waals surface area contributed by atoms with Crippen molar-refractivity contribution in [3.63, 3.8) is 0 Å². The number of carbonyl (C=O) groups excluding carboxylic acids is 1. The van der Waals surface area contributed by atoms with E-state index in [0.717, 1.165) is 18.4 Å². The molecule has 0 bridgehead atoms. The zero-order valence-electron chi connectivity index (χ0n) is 16.0. The average molecular weight is 381 g/mol. The number of hydrogen-bond acceptors (Lipinski definition) is 3. The van der Waals surface area contributed by atoms with Crippen LogP contribution in [0.5, 0.6) is 0 Å². The van der Waals surface area contributed by atoms with E-state index in [2.05, 4.69) is 12.1 Å². The van der Waals surface area contributed by atoms with E-state index in [0.29, 0.717) is 25.9 Å². The van der Waals surface area contributed by atoms with Gasteiger partial charge < -0.3 is 14.7 Å². The number of carbonyl (C=O) groups is 2. The van der Waals surface area contributed by atoms with Gasteiger partial charge in [-0.1, -0.05) is 60.7 Å². The van der Waals surface area contributed by atoms with Crippen molar-refractivity contribution < 1.29 is 19.4 Å². The van der Waals surface area contributed by atoms with E-state index in [1.54, 1.807) is 4.90 Å². The molecule has 5 heteroatoms. The van der Waals surface area contributed by atoms with E-state index in [1.807, 2.05) is 48.5 Å². The summed E-state index contributed by atoms with van der Waals surface area (Å²) in [7, 11) is 0. The number of amides is 1. The third-order valence-electron chi connectivity index (χ3n) is 5.60. The van der Waals surface area contributed by atoms with Crippen LogP contribution >= 0.6 is 0 Å². The molecule has 0 radical (unpaired) electrons. The Kier molecular flexibility index (Phi) is 6.69. The number of carboxylic acid groups (broad SMARTS) is 1. The molecule has 148 valence electrons. The van der Waals surface area contributed by atoms with Crippen molar-refractivity contribution in [2.24, 2.45) is 5.41 Å². The molecule has 2 aromatic rings. The van der Waals surface area contributed by atoms with Crippen LogP contribution in [0, 0.1) is 5.41 Å². The van der Waals surface area contributed by atoms with Crippen LogP contribution in [-0.4, -0.2) is 35.2 Å². The van der Waals surface area contributed by atoms with Gasteiger partial charge in [0.15, 0.2) is 0 Å². The van der Waals surface area contributed by atoms with Crippen LogP contribution in [-0.2, 0) is 22.6 Å². The topological polar surface area (TPSA) is 66.8 Å². The van der Waals surface area contributed by atoms with Crippen molar-refractivity contribution in [3.05, 3.63) is 71.8 Å². The van der Waals surface area contributed by atoms with Crippen molar-refractivity contribution in [2.45, 2.75) is 38.7 Å². The van der Waals surface area contributed by atoms with Crippen LogP contribution in [0.1, 0.15) is 36.8 Å². The summed E-state index contributed by atoms with van der Waals surface area (Å²) in [6.07, 6.45) is 2.87. The second-order valence-corrected chi connectivity index (χ2v) is 7.58. The molecule has 0 aliphatic carbocycles. The van der Waals surface area contributed by atoms with Gasteiger partial charge in [-0.3, -0.25) is 4.79 Å². The first-order valence-corrected chi connectivity index (χ1v) is 9.78. The second-order valence-electron chi connectivity index (χ2n) is 7.58. The number of carboxylic acids is 1. The molecule has 0 saturated carbocycles. The number of rotatable bonds is 7. The zero-order chi connectivity index (χ0) is 19.8. The van der Waals surface area contributed by atoms with Crippen LogP contribution in [0.4, 0.5) is 4.79 Å². The highest BCUT2D eigenvalue weighted by atomic mass is 16.6. The van der Waals surface area contributed by atoms with Gasteiger partial charge in [-0.15, -0.1) is 0 Å². The van der Waals surface area contributed by atoms with E-state index in [1.165, 1.54) is 5.56 Å². The van der Waals surface area contributed by atoms with Crippen LogP contribution in [0.25, 0.3) is 0 Å². The van der Waals surface area contributed by atoms with E-state index < -0.39 is 5.97 Å².